The summed E-state index contributed by atoms with van der Waals surface area (Å²) in [5.41, 5.74) is 4.27. The van der Waals surface area contributed by atoms with E-state index >= 15 is 0 Å². The highest BCUT2D eigenvalue weighted by Gasteiger charge is 2.15. The smallest absolute Gasteiger partial charge is 0.155 e. The van der Waals surface area contributed by atoms with Crippen LogP contribution in [0.3, 0.4) is 0 Å². The molecule has 0 aliphatic carbocycles. The van der Waals surface area contributed by atoms with Crippen LogP contribution in [0.4, 0.5) is 0 Å². The number of imidazole rings is 1. The monoisotopic (exact) mass is 317 g/mol. The number of benzene rings is 1. The van der Waals surface area contributed by atoms with Gasteiger partial charge in [-0.2, -0.15) is 5.10 Å². The summed E-state index contributed by atoms with van der Waals surface area (Å²) in [6.07, 6.45) is 6.37. The summed E-state index contributed by atoms with van der Waals surface area (Å²) in [4.78, 5) is 8.79. The van der Waals surface area contributed by atoms with Gasteiger partial charge in [0, 0.05) is 24.4 Å². The lowest BCUT2D eigenvalue weighted by Crippen LogP contribution is -2.06. The fourth-order valence-electron chi connectivity index (χ4n) is 3.22. The van der Waals surface area contributed by atoms with Gasteiger partial charge in [-0.25, -0.2) is 14.5 Å². The van der Waals surface area contributed by atoms with E-state index < -0.39 is 0 Å². The van der Waals surface area contributed by atoms with Gasteiger partial charge >= 0.3 is 0 Å². The predicted molar refractivity (Wildman–Crippen MR) is 89.0 cm³/mol. The van der Waals surface area contributed by atoms with Gasteiger partial charge in [0.05, 0.1) is 18.8 Å². The summed E-state index contributed by atoms with van der Waals surface area (Å²) < 4.78 is 9.58. The van der Waals surface area contributed by atoms with Crippen LogP contribution < -0.4 is 4.74 Å². The van der Waals surface area contributed by atoms with Crippen molar-refractivity contribution in [2.24, 2.45) is 0 Å². The lowest BCUT2D eigenvalue weighted by atomic mass is 10.1. The van der Waals surface area contributed by atoms with Crippen molar-refractivity contribution in [1.82, 2.24) is 24.1 Å². The number of fused-ring (bicyclic) bond motifs is 2. The van der Waals surface area contributed by atoms with Crippen molar-refractivity contribution in [2.45, 2.75) is 13.0 Å². The Morgan fingerprint density at radius 2 is 2.12 bits per heavy atom. The van der Waals surface area contributed by atoms with Gasteiger partial charge in [0.25, 0.3) is 0 Å². The fourth-order valence-corrected chi connectivity index (χ4v) is 3.22. The number of pyridine rings is 1. The van der Waals surface area contributed by atoms with Crippen LogP contribution in [0.15, 0.2) is 55.1 Å². The van der Waals surface area contributed by atoms with Crippen LogP contribution in [0.1, 0.15) is 11.3 Å². The first-order valence-electron chi connectivity index (χ1n) is 7.93. The molecule has 6 nitrogen and oxygen atoms in total. The topological polar surface area (TPSA) is 57.2 Å². The van der Waals surface area contributed by atoms with Gasteiger partial charge in [-0.05, 0) is 35.9 Å². The van der Waals surface area contributed by atoms with Crippen LogP contribution in [0, 0.1) is 0 Å². The van der Waals surface area contributed by atoms with Crippen molar-refractivity contribution < 1.29 is 4.74 Å². The lowest BCUT2D eigenvalue weighted by Gasteiger charge is -2.10. The van der Waals surface area contributed by atoms with E-state index in [1.54, 1.807) is 6.33 Å². The molecule has 0 saturated carbocycles. The third kappa shape index (κ3) is 2.07. The molecule has 0 spiro atoms. The molecule has 1 aliphatic rings. The summed E-state index contributed by atoms with van der Waals surface area (Å²) in [5, 5.41) is 4.30. The number of hydrogen-bond acceptors (Lipinski definition) is 4. The first-order chi connectivity index (χ1) is 11.9. The molecule has 4 heterocycles. The van der Waals surface area contributed by atoms with Crippen LogP contribution in [0.5, 0.6) is 5.75 Å². The highest BCUT2D eigenvalue weighted by Crippen LogP contribution is 2.30. The Bertz CT molecular complexity index is 1030. The quantitative estimate of drug-likeness (QED) is 0.583. The molecule has 118 valence electrons. The zero-order chi connectivity index (χ0) is 15.9. The Labute approximate surface area is 138 Å². The molecule has 4 aromatic rings. The maximum atomic E-state index is 5.59. The fraction of sp³-hybridized carbons (Fsp3) is 0.167. The van der Waals surface area contributed by atoms with Crippen LogP contribution in [0.2, 0.25) is 0 Å². The molecule has 0 radical (unpaired) electrons. The van der Waals surface area contributed by atoms with Gasteiger partial charge in [-0.15, -0.1) is 0 Å². The summed E-state index contributed by atoms with van der Waals surface area (Å²) >= 11 is 0. The Balaban J connectivity index is 1.55. The number of aromatic nitrogens is 5. The third-order valence-corrected chi connectivity index (χ3v) is 4.38. The molecule has 24 heavy (non-hydrogen) atoms. The average Bonchev–Trinajstić information content (AvgIpc) is 3.34. The van der Waals surface area contributed by atoms with Crippen molar-refractivity contribution >= 4 is 5.65 Å². The van der Waals surface area contributed by atoms with Crippen LogP contribution in [-0.2, 0) is 13.0 Å². The molecule has 0 unspecified atom stereocenters. The zero-order valence-corrected chi connectivity index (χ0v) is 13.0. The first-order valence-corrected chi connectivity index (χ1v) is 7.93. The Hall–Kier alpha value is -3.15. The molecule has 0 amide bonds. The minimum Gasteiger partial charge on any atom is -0.493 e. The van der Waals surface area contributed by atoms with Gasteiger partial charge in [-0.1, -0.05) is 6.07 Å². The second-order valence-electron chi connectivity index (χ2n) is 5.85. The molecule has 0 saturated heterocycles. The molecule has 1 aromatic carbocycles. The van der Waals surface area contributed by atoms with Crippen molar-refractivity contribution in [2.75, 3.05) is 6.61 Å². The standard InChI is InChI=1S/C18H15N5O/c1-2-15(23-17(3-1)20-12-21-23)11-22-8-7-19-18(22)14-4-5-16-13(10-14)6-9-24-16/h1-5,7-8,10,12H,6,9,11H2. The Morgan fingerprint density at radius 1 is 1.12 bits per heavy atom. The highest BCUT2D eigenvalue weighted by molar-refractivity contribution is 5.60. The summed E-state index contributed by atoms with van der Waals surface area (Å²) in [7, 11) is 0. The second kappa shape index (κ2) is 5.19. The van der Waals surface area contributed by atoms with Gasteiger partial charge in [-0.3, -0.25) is 0 Å². The molecule has 0 fully saturated rings. The van der Waals surface area contributed by atoms with Gasteiger partial charge < -0.3 is 9.30 Å². The lowest BCUT2D eigenvalue weighted by molar-refractivity contribution is 0.357. The second-order valence-corrected chi connectivity index (χ2v) is 5.85. The molecule has 6 heteroatoms. The minimum atomic E-state index is 0.684. The van der Waals surface area contributed by atoms with E-state index in [9.17, 15) is 0 Å². The van der Waals surface area contributed by atoms with Crippen molar-refractivity contribution in [1.29, 1.82) is 0 Å². The van der Waals surface area contributed by atoms with Crippen molar-refractivity contribution in [3.8, 4) is 17.1 Å². The molecule has 0 N–H and O–H groups in total. The maximum absolute atomic E-state index is 5.59. The number of ether oxygens (including phenoxy) is 1. The van der Waals surface area contributed by atoms with Crippen LogP contribution in [0.25, 0.3) is 17.0 Å². The van der Waals surface area contributed by atoms with E-state index in [4.69, 9.17) is 4.74 Å². The third-order valence-electron chi connectivity index (χ3n) is 4.38. The molecular formula is C18H15N5O. The summed E-state index contributed by atoms with van der Waals surface area (Å²) in [6, 6.07) is 12.3. The maximum Gasteiger partial charge on any atom is 0.155 e. The Kier molecular flexibility index (Phi) is 2.88. The van der Waals surface area contributed by atoms with Crippen molar-refractivity contribution in [3.05, 3.63) is 66.4 Å². The molecule has 1 aliphatic heterocycles. The van der Waals surface area contributed by atoms with Gasteiger partial charge in [0.15, 0.2) is 5.65 Å². The van der Waals surface area contributed by atoms with Crippen LogP contribution in [-0.4, -0.2) is 30.8 Å². The molecule has 5 rings (SSSR count). The largest absolute Gasteiger partial charge is 0.493 e. The van der Waals surface area contributed by atoms with Gasteiger partial charge in [0.1, 0.15) is 17.9 Å². The van der Waals surface area contributed by atoms with E-state index in [-0.39, 0.29) is 0 Å². The van der Waals surface area contributed by atoms with Gasteiger partial charge in [0.2, 0.25) is 0 Å². The summed E-state index contributed by atoms with van der Waals surface area (Å²) in [5.74, 6) is 1.94. The number of nitrogens with zero attached hydrogens (tertiary/aromatic N) is 5. The average molecular weight is 317 g/mol. The number of hydrogen-bond donors (Lipinski definition) is 0. The number of rotatable bonds is 3. The van der Waals surface area contributed by atoms with Crippen LogP contribution >= 0.6 is 0 Å². The molecule has 3 aromatic heterocycles. The van der Waals surface area contributed by atoms with E-state index in [1.807, 2.05) is 35.1 Å². The molecule has 0 bridgehead atoms. The van der Waals surface area contributed by atoms with Crippen molar-refractivity contribution in [3.63, 3.8) is 0 Å². The van der Waals surface area contributed by atoms with E-state index in [0.29, 0.717) is 6.54 Å². The molecule has 0 atom stereocenters. The zero-order valence-electron chi connectivity index (χ0n) is 13.0. The molecular weight excluding hydrogens is 302 g/mol. The predicted octanol–water partition coefficient (Wildman–Crippen LogP) is 2.58. The van der Waals surface area contributed by atoms with E-state index in [2.05, 4.69) is 37.8 Å². The van der Waals surface area contributed by atoms with E-state index in [0.717, 1.165) is 41.5 Å². The highest BCUT2D eigenvalue weighted by atomic mass is 16.5. The summed E-state index contributed by atoms with van der Waals surface area (Å²) in [6.45, 7) is 1.45. The van der Waals surface area contributed by atoms with E-state index in [1.165, 1.54) is 5.56 Å². The minimum absolute atomic E-state index is 0.684. The normalized spacial score (nSPS) is 13.2. The SMILES string of the molecule is c1cc(Cn2ccnc2-c2ccc3c(c2)CCO3)n2ncnc2c1. The first kappa shape index (κ1) is 13.3. The Morgan fingerprint density at radius 3 is 3.12 bits per heavy atom.